The van der Waals surface area contributed by atoms with Crippen molar-refractivity contribution in [2.45, 2.75) is 50.8 Å². The molecule has 3 fully saturated rings. The summed E-state index contributed by atoms with van der Waals surface area (Å²) in [5.74, 6) is 1.28. The van der Waals surface area contributed by atoms with Crippen LogP contribution in [0.25, 0.3) is 0 Å². The molecule has 2 saturated heterocycles. The number of carbonyl (C=O) groups is 1. The average Bonchev–Trinajstić information content (AvgIpc) is 2.91. The third-order valence-corrected chi connectivity index (χ3v) is 5.84. The van der Waals surface area contributed by atoms with Gasteiger partial charge < -0.3 is 10.1 Å². The molecule has 4 nitrogen and oxygen atoms in total. The van der Waals surface area contributed by atoms with Crippen molar-refractivity contribution in [1.82, 2.24) is 10.2 Å². The van der Waals surface area contributed by atoms with Crippen LogP contribution in [0.15, 0.2) is 30.3 Å². The number of piperidine rings is 2. The minimum atomic E-state index is -0.256. The monoisotopic (exact) mass is 314 g/mol. The summed E-state index contributed by atoms with van der Waals surface area (Å²) in [6.45, 7) is 2.99. The van der Waals surface area contributed by atoms with E-state index in [0.29, 0.717) is 18.5 Å². The van der Waals surface area contributed by atoms with Crippen LogP contribution in [0.2, 0.25) is 0 Å². The molecular formula is C19H26N2O2. The fraction of sp³-hybridized carbons (Fsp3) is 0.632. The largest absolute Gasteiger partial charge is 0.446 e. The summed E-state index contributed by atoms with van der Waals surface area (Å²) in [4.78, 5) is 14.8. The zero-order chi connectivity index (χ0) is 15.6. The highest BCUT2D eigenvalue weighted by molar-refractivity contribution is 5.67. The highest BCUT2D eigenvalue weighted by atomic mass is 16.6. The molecule has 3 aliphatic rings. The highest BCUT2D eigenvalue weighted by Gasteiger charge is 2.48. The Morgan fingerprint density at radius 3 is 2.96 bits per heavy atom. The molecule has 2 aliphatic heterocycles. The van der Waals surface area contributed by atoms with Crippen LogP contribution in [0, 0.1) is 11.8 Å². The first-order chi connectivity index (χ1) is 11.3. The Hall–Kier alpha value is -1.55. The Bertz CT molecular complexity index is 548. The van der Waals surface area contributed by atoms with Gasteiger partial charge in [-0.3, -0.25) is 4.90 Å². The fourth-order valence-electron chi connectivity index (χ4n) is 4.83. The Morgan fingerprint density at radius 1 is 1.22 bits per heavy atom. The summed E-state index contributed by atoms with van der Waals surface area (Å²) in [5, 5.41) is 2.90. The number of amides is 1. The number of carbonyl (C=O) groups excluding carboxylic acids is 1. The van der Waals surface area contributed by atoms with E-state index in [1.807, 2.05) is 30.3 Å². The van der Waals surface area contributed by atoms with E-state index in [9.17, 15) is 4.79 Å². The van der Waals surface area contributed by atoms with Crippen molar-refractivity contribution in [1.29, 1.82) is 0 Å². The van der Waals surface area contributed by atoms with Crippen LogP contribution in [0.3, 0.4) is 0 Å². The van der Waals surface area contributed by atoms with Crippen LogP contribution in [0.5, 0.6) is 0 Å². The summed E-state index contributed by atoms with van der Waals surface area (Å²) < 4.78 is 5.82. The topological polar surface area (TPSA) is 41.6 Å². The van der Waals surface area contributed by atoms with Crippen LogP contribution in [-0.4, -0.2) is 36.2 Å². The van der Waals surface area contributed by atoms with Gasteiger partial charge in [0.15, 0.2) is 0 Å². The number of nitrogens with zero attached hydrogens (tertiary/aromatic N) is 1. The van der Waals surface area contributed by atoms with Crippen LogP contribution in [0.1, 0.15) is 37.7 Å². The number of benzene rings is 1. The molecule has 1 N–H and O–H groups in total. The standard InChI is InChI=1S/C19H26N2O2/c22-19(20-12-14-6-2-1-3-7-14)23-18-11-15-10-16(18)17-8-4-5-9-21(17)13-15/h1-3,6-7,15-18H,4-5,8-13H2,(H,20,22)/t15?,16?,17-,18?/m1/s1. The Morgan fingerprint density at radius 2 is 2.09 bits per heavy atom. The van der Waals surface area contributed by atoms with Gasteiger partial charge in [0.05, 0.1) is 0 Å². The fourth-order valence-corrected chi connectivity index (χ4v) is 4.83. The lowest BCUT2D eigenvalue weighted by atomic mass is 9.84. The van der Waals surface area contributed by atoms with Crippen molar-refractivity contribution in [3.05, 3.63) is 35.9 Å². The first-order valence-electron chi connectivity index (χ1n) is 9.02. The highest BCUT2D eigenvalue weighted by Crippen LogP contribution is 2.44. The third kappa shape index (κ3) is 3.23. The second-order valence-electron chi connectivity index (χ2n) is 7.34. The van der Waals surface area contributed by atoms with Gasteiger partial charge in [-0.2, -0.15) is 0 Å². The molecule has 1 aromatic rings. The Kier molecular flexibility index (Phi) is 4.25. The first-order valence-corrected chi connectivity index (χ1v) is 9.02. The van der Waals surface area contributed by atoms with Gasteiger partial charge in [0.25, 0.3) is 0 Å². The van der Waals surface area contributed by atoms with E-state index in [-0.39, 0.29) is 12.2 Å². The average molecular weight is 314 g/mol. The van der Waals surface area contributed by atoms with Gasteiger partial charge >= 0.3 is 6.09 Å². The molecule has 4 atom stereocenters. The van der Waals surface area contributed by atoms with Crippen LogP contribution < -0.4 is 5.32 Å². The maximum atomic E-state index is 12.2. The van der Waals surface area contributed by atoms with Crippen LogP contribution in [-0.2, 0) is 11.3 Å². The molecular weight excluding hydrogens is 288 g/mol. The van der Waals surface area contributed by atoms with E-state index in [0.717, 1.165) is 17.9 Å². The van der Waals surface area contributed by atoms with Crippen LogP contribution in [0.4, 0.5) is 4.79 Å². The summed E-state index contributed by atoms with van der Waals surface area (Å²) in [6.07, 6.45) is 6.10. The number of rotatable bonds is 3. The van der Waals surface area contributed by atoms with E-state index >= 15 is 0 Å². The van der Waals surface area contributed by atoms with Gasteiger partial charge in [0, 0.05) is 25.0 Å². The molecule has 1 aromatic carbocycles. The lowest BCUT2D eigenvalue weighted by Gasteiger charge is -2.43. The normalized spacial score (nSPS) is 33.0. The van der Waals surface area contributed by atoms with Crippen molar-refractivity contribution in [3.8, 4) is 0 Å². The number of fused-ring (bicyclic) bond motifs is 4. The minimum Gasteiger partial charge on any atom is -0.446 e. The maximum absolute atomic E-state index is 12.2. The van der Waals surface area contributed by atoms with Crippen molar-refractivity contribution in [2.75, 3.05) is 13.1 Å². The van der Waals surface area contributed by atoms with Crippen molar-refractivity contribution in [2.24, 2.45) is 11.8 Å². The second kappa shape index (κ2) is 6.52. The second-order valence-corrected chi connectivity index (χ2v) is 7.34. The van der Waals surface area contributed by atoms with Gasteiger partial charge in [-0.05, 0) is 43.7 Å². The summed E-state index contributed by atoms with van der Waals surface area (Å²) in [6, 6.07) is 10.6. The quantitative estimate of drug-likeness (QED) is 0.931. The molecule has 23 heavy (non-hydrogen) atoms. The Labute approximate surface area is 138 Å². The third-order valence-electron chi connectivity index (χ3n) is 5.84. The zero-order valence-corrected chi connectivity index (χ0v) is 13.6. The zero-order valence-electron chi connectivity index (χ0n) is 13.6. The SMILES string of the molecule is O=C(NCc1ccccc1)OC1CC2CC1[C@H]1CCCCN1C2. The lowest BCUT2D eigenvalue weighted by Crippen LogP contribution is -2.50. The van der Waals surface area contributed by atoms with Gasteiger partial charge in [0.2, 0.25) is 0 Å². The number of hydrogen-bond acceptors (Lipinski definition) is 3. The number of hydrogen-bond donors (Lipinski definition) is 1. The molecule has 124 valence electrons. The van der Waals surface area contributed by atoms with Gasteiger partial charge in [-0.15, -0.1) is 0 Å². The minimum absolute atomic E-state index is 0.115. The van der Waals surface area contributed by atoms with Crippen molar-refractivity contribution < 1.29 is 9.53 Å². The summed E-state index contributed by atoms with van der Waals surface area (Å²) in [7, 11) is 0. The van der Waals surface area contributed by atoms with Gasteiger partial charge in [-0.1, -0.05) is 36.8 Å². The number of nitrogens with one attached hydrogen (secondary N) is 1. The molecule has 4 rings (SSSR count). The first kappa shape index (κ1) is 15.0. The van der Waals surface area contributed by atoms with Crippen molar-refractivity contribution in [3.63, 3.8) is 0 Å². The van der Waals surface area contributed by atoms with E-state index in [4.69, 9.17) is 4.74 Å². The maximum Gasteiger partial charge on any atom is 0.407 e. The summed E-state index contributed by atoms with van der Waals surface area (Å²) >= 11 is 0. The predicted octanol–water partition coefficient (Wildman–Crippen LogP) is 3.18. The molecule has 0 spiro atoms. The summed E-state index contributed by atoms with van der Waals surface area (Å²) in [5.41, 5.74) is 1.10. The van der Waals surface area contributed by atoms with Gasteiger partial charge in [-0.25, -0.2) is 4.79 Å². The van der Waals surface area contributed by atoms with Crippen LogP contribution >= 0.6 is 0 Å². The van der Waals surface area contributed by atoms with E-state index in [2.05, 4.69) is 10.2 Å². The van der Waals surface area contributed by atoms with E-state index in [1.165, 1.54) is 38.8 Å². The smallest absolute Gasteiger partial charge is 0.407 e. The molecule has 1 saturated carbocycles. The molecule has 4 heteroatoms. The molecule has 0 aromatic heterocycles. The molecule has 1 amide bonds. The molecule has 3 unspecified atom stereocenters. The lowest BCUT2D eigenvalue weighted by molar-refractivity contribution is 0.0145. The number of ether oxygens (including phenoxy) is 1. The molecule has 2 bridgehead atoms. The van der Waals surface area contributed by atoms with E-state index in [1.54, 1.807) is 0 Å². The van der Waals surface area contributed by atoms with Gasteiger partial charge in [0.1, 0.15) is 6.10 Å². The Balaban J connectivity index is 1.33. The van der Waals surface area contributed by atoms with E-state index < -0.39 is 0 Å². The molecule has 2 heterocycles. The predicted molar refractivity (Wildman–Crippen MR) is 89.0 cm³/mol. The molecule has 0 radical (unpaired) electrons. The number of alkyl carbamates (subject to hydrolysis) is 1. The molecule has 1 aliphatic carbocycles. The van der Waals surface area contributed by atoms with Crippen molar-refractivity contribution >= 4 is 6.09 Å².